The Balaban J connectivity index is 1.25. The SMILES string of the molecule is CCOc1cc2c(cc1NC(=O)C1CCN(c3nc4ccccc4o3)CC1)O[C@H](C)C2. The third kappa shape index (κ3) is 3.92. The van der Waals surface area contributed by atoms with Crippen molar-refractivity contribution < 1.29 is 18.7 Å². The number of ether oxygens (including phenoxy) is 2. The normalized spacial score (nSPS) is 18.6. The van der Waals surface area contributed by atoms with Crippen molar-refractivity contribution in [1.29, 1.82) is 0 Å². The van der Waals surface area contributed by atoms with Crippen molar-refractivity contribution in [3.8, 4) is 11.5 Å². The molecule has 2 aliphatic heterocycles. The second kappa shape index (κ2) is 8.13. The Morgan fingerprint density at radius 3 is 2.84 bits per heavy atom. The number of nitrogens with one attached hydrogen (secondary N) is 1. The minimum Gasteiger partial charge on any atom is -0.492 e. The highest BCUT2D eigenvalue weighted by molar-refractivity contribution is 5.94. The Labute approximate surface area is 181 Å². The number of anilines is 2. The van der Waals surface area contributed by atoms with Gasteiger partial charge in [-0.25, -0.2) is 0 Å². The molecule has 3 aromatic rings. The van der Waals surface area contributed by atoms with Crippen molar-refractivity contribution >= 4 is 28.7 Å². The van der Waals surface area contributed by atoms with E-state index in [2.05, 4.69) is 15.2 Å². The molecule has 1 fully saturated rings. The smallest absolute Gasteiger partial charge is 0.298 e. The lowest BCUT2D eigenvalue weighted by Crippen LogP contribution is -2.38. The van der Waals surface area contributed by atoms with E-state index < -0.39 is 0 Å². The number of carbonyl (C=O) groups excluding carboxylic acids is 1. The summed E-state index contributed by atoms with van der Waals surface area (Å²) >= 11 is 0. The predicted molar refractivity (Wildman–Crippen MR) is 119 cm³/mol. The van der Waals surface area contributed by atoms with E-state index in [-0.39, 0.29) is 17.9 Å². The van der Waals surface area contributed by atoms with Crippen molar-refractivity contribution in [3.63, 3.8) is 0 Å². The molecule has 1 atom stereocenters. The third-order valence-corrected chi connectivity index (χ3v) is 5.97. The molecule has 0 unspecified atom stereocenters. The van der Waals surface area contributed by atoms with Crippen LogP contribution in [0.3, 0.4) is 0 Å². The summed E-state index contributed by atoms with van der Waals surface area (Å²) in [6.45, 7) is 5.99. The number of carbonyl (C=O) groups is 1. The maximum atomic E-state index is 13.0. The highest BCUT2D eigenvalue weighted by atomic mass is 16.5. The van der Waals surface area contributed by atoms with Crippen LogP contribution in [0.2, 0.25) is 0 Å². The van der Waals surface area contributed by atoms with E-state index in [9.17, 15) is 4.79 Å². The summed E-state index contributed by atoms with van der Waals surface area (Å²) in [5, 5.41) is 3.08. The molecule has 7 nitrogen and oxygen atoms in total. The maximum Gasteiger partial charge on any atom is 0.298 e. The standard InChI is InChI=1S/C24H27N3O4/c1-3-29-22-13-17-12-15(2)30-21(17)14-19(22)25-23(28)16-8-10-27(11-9-16)24-26-18-6-4-5-7-20(18)31-24/h4-7,13-16H,3,8-12H2,1-2H3,(H,25,28)/t15-/m1/s1. The largest absolute Gasteiger partial charge is 0.492 e. The molecule has 1 aromatic heterocycles. The number of benzene rings is 2. The van der Waals surface area contributed by atoms with E-state index >= 15 is 0 Å². The van der Waals surface area contributed by atoms with Crippen LogP contribution >= 0.6 is 0 Å². The van der Waals surface area contributed by atoms with Crippen LogP contribution in [0.1, 0.15) is 32.3 Å². The number of aromatic nitrogens is 1. The molecule has 1 amide bonds. The van der Waals surface area contributed by atoms with Gasteiger partial charge in [0.1, 0.15) is 23.1 Å². The molecule has 1 N–H and O–H groups in total. The van der Waals surface area contributed by atoms with Crippen LogP contribution in [-0.4, -0.2) is 36.7 Å². The van der Waals surface area contributed by atoms with Gasteiger partial charge in [-0.2, -0.15) is 4.98 Å². The van der Waals surface area contributed by atoms with Gasteiger partial charge in [0.25, 0.3) is 6.01 Å². The van der Waals surface area contributed by atoms with Crippen molar-refractivity contribution in [2.75, 3.05) is 29.9 Å². The lowest BCUT2D eigenvalue weighted by atomic mass is 9.96. The number of piperidine rings is 1. The number of hydrogen-bond acceptors (Lipinski definition) is 6. The van der Waals surface area contributed by atoms with Crippen LogP contribution in [-0.2, 0) is 11.2 Å². The van der Waals surface area contributed by atoms with Gasteiger partial charge in [-0.3, -0.25) is 4.79 Å². The lowest BCUT2D eigenvalue weighted by molar-refractivity contribution is -0.120. The maximum absolute atomic E-state index is 13.0. The second-order valence-corrected chi connectivity index (χ2v) is 8.24. The molecule has 0 aliphatic carbocycles. The first kappa shape index (κ1) is 19.7. The second-order valence-electron chi connectivity index (χ2n) is 8.24. The average Bonchev–Trinajstić information content (AvgIpc) is 3.36. The molecule has 2 aliphatic rings. The number of fused-ring (bicyclic) bond motifs is 2. The number of oxazole rings is 1. The topological polar surface area (TPSA) is 76.8 Å². The number of para-hydroxylation sites is 2. The van der Waals surface area contributed by atoms with Gasteiger partial charge in [-0.1, -0.05) is 12.1 Å². The monoisotopic (exact) mass is 421 g/mol. The molecule has 0 saturated carbocycles. The Morgan fingerprint density at radius 1 is 1.26 bits per heavy atom. The molecule has 0 radical (unpaired) electrons. The van der Waals surface area contributed by atoms with Gasteiger partial charge < -0.3 is 24.1 Å². The van der Waals surface area contributed by atoms with E-state index in [4.69, 9.17) is 13.9 Å². The number of hydrogen-bond donors (Lipinski definition) is 1. The van der Waals surface area contributed by atoms with E-state index in [1.807, 2.05) is 50.2 Å². The predicted octanol–water partition coefficient (Wildman–Crippen LogP) is 4.41. The molecule has 1 saturated heterocycles. The molecular formula is C24H27N3O4. The van der Waals surface area contributed by atoms with E-state index in [1.54, 1.807) is 0 Å². The molecule has 31 heavy (non-hydrogen) atoms. The van der Waals surface area contributed by atoms with Crippen LogP contribution in [0.25, 0.3) is 11.1 Å². The molecule has 162 valence electrons. The Kier molecular flexibility index (Phi) is 5.18. The summed E-state index contributed by atoms with van der Waals surface area (Å²) in [6.07, 6.45) is 2.49. The fourth-order valence-corrected chi connectivity index (χ4v) is 4.38. The van der Waals surface area contributed by atoms with Crippen molar-refractivity contribution in [2.45, 2.75) is 39.2 Å². The number of rotatable bonds is 5. The van der Waals surface area contributed by atoms with E-state index in [1.165, 1.54) is 0 Å². The first-order chi connectivity index (χ1) is 15.1. The van der Waals surface area contributed by atoms with E-state index in [0.717, 1.165) is 54.8 Å². The molecule has 2 aromatic carbocycles. The fourth-order valence-electron chi connectivity index (χ4n) is 4.38. The zero-order chi connectivity index (χ0) is 21.4. The highest BCUT2D eigenvalue weighted by Crippen LogP contribution is 2.38. The molecule has 7 heteroatoms. The minimum atomic E-state index is -0.0665. The van der Waals surface area contributed by atoms with E-state index in [0.29, 0.717) is 24.1 Å². The van der Waals surface area contributed by atoms with Gasteiger partial charge in [0.2, 0.25) is 5.91 Å². The summed E-state index contributed by atoms with van der Waals surface area (Å²) in [4.78, 5) is 19.7. The third-order valence-electron chi connectivity index (χ3n) is 5.97. The average molecular weight is 421 g/mol. The summed E-state index contributed by atoms with van der Waals surface area (Å²) < 4.78 is 17.5. The molecule has 5 rings (SSSR count). The highest BCUT2D eigenvalue weighted by Gasteiger charge is 2.29. The van der Waals surface area contributed by atoms with Gasteiger partial charge in [-0.15, -0.1) is 0 Å². The first-order valence-corrected chi connectivity index (χ1v) is 11.0. The van der Waals surface area contributed by atoms with Gasteiger partial charge in [0.15, 0.2) is 5.58 Å². The van der Waals surface area contributed by atoms with Crippen LogP contribution in [0.15, 0.2) is 40.8 Å². The lowest BCUT2D eigenvalue weighted by Gasteiger charge is -2.30. The molecular weight excluding hydrogens is 394 g/mol. The van der Waals surface area contributed by atoms with Gasteiger partial charge in [0, 0.05) is 37.1 Å². The Hall–Kier alpha value is -3.22. The van der Waals surface area contributed by atoms with Crippen molar-refractivity contribution in [2.24, 2.45) is 5.92 Å². The van der Waals surface area contributed by atoms with Crippen molar-refractivity contribution in [3.05, 3.63) is 42.0 Å². The van der Waals surface area contributed by atoms with Crippen LogP contribution in [0.4, 0.5) is 11.7 Å². The van der Waals surface area contributed by atoms with Gasteiger partial charge in [0.05, 0.1) is 12.3 Å². The first-order valence-electron chi connectivity index (χ1n) is 11.0. The zero-order valence-electron chi connectivity index (χ0n) is 17.9. The number of amides is 1. The molecule has 3 heterocycles. The fraction of sp³-hybridized carbons (Fsp3) is 0.417. The number of nitrogens with zero attached hydrogens (tertiary/aromatic N) is 2. The van der Waals surface area contributed by atoms with Gasteiger partial charge >= 0.3 is 0 Å². The molecule has 0 bridgehead atoms. The minimum absolute atomic E-state index is 0.0177. The van der Waals surface area contributed by atoms with Crippen LogP contribution in [0, 0.1) is 5.92 Å². The Bertz CT molecular complexity index is 1070. The summed E-state index contributed by atoms with van der Waals surface area (Å²) in [5.74, 6) is 1.49. The quantitative estimate of drug-likeness (QED) is 0.658. The molecule has 0 spiro atoms. The zero-order valence-corrected chi connectivity index (χ0v) is 17.9. The Morgan fingerprint density at radius 2 is 2.06 bits per heavy atom. The summed E-state index contributed by atoms with van der Waals surface area (Å²) in [7, 11) is 0. The summed E-state index contributed by atoms with van der Waals surface area (Å²) in [6, 6.07) is 12.3. The van der Waals surface area contributed by atoms with Crippen molar-refractivity contribution in [1.82, 2.24) is 4.98 Å². The van der Waals surface area contributed by atoms with Crippen LogP contribution in [0.5, 0.6) is 11.5 Å². The van der Waals surface area contributed by atoms with Crippen LogP contribution < -0.4 is 19.7 Å². The van der Waals surface area contributed by atoms with Gasteiger partial charge in [-0.05, 0) is 44.9 Å². The summed E-state index contributed by atoms with van der Waals surface area (Å²) in [5.41, 5.74) is 3.45.